The van der Waals surface area contributed by atoms with Gasteiger partial charge in [-0.15, -0.1) is 0 Å². The van der Waals surface area contributed by atoms with E-state index < -0.39 is 6.09 Å². The first-order chi connectivity index (χ1) is 20.6. The number of benzene rings is 2. The molecule has 0 spiro atoms. The minimum Gasteiger partial charge on any atom is -0.493 e. The minimum absolute atomic E-state index is 0.172. The molecule has 0 fully saturated rings. The molecule has 0 aliphatic carbocycles. The van der Waals surface area contributed by atoms with Gasteiger partial charge < -0.3 is 43.6 Å². The van der Waals surface area contributed by atoms with E-state index >= 15 is 0 Å². The molecule has 0 atom stereocenters. The van der Waals surface area contributed by atoms with Crippen molar-refractivity contribution in [2.24, 2.45) is 0 Å². The van der Waals surface area contributed by atoms with Gasteiger partial charge in [0.2, 0.25) is 0 Å². The summed E-state index contributed by atoms with van der Waals surface area (Å²) in [6.07, 6.45) is 2.61. The molecular formula is C31H45NO10. The van der Waals surface area contributed by atoms with E-state index in [0.717, 1.165) is 30.4 Å². The smallest absolute Gasteiger partial charge is 0.407 e. The van der Waals surface area contributed by atoms with E-state index in [4.69, 9.17) is 38.3 Å². The zero-order chi connectivity index (χ0) is 30.1. The molecule has 0 bridgehead atoms. The highest BCUT2D eigenvalue weighted by Crippen LogP contribution is 2.30. The van der Waals surface area contributed by atoms with E-state index in [-0.39, 0.29) is 25.6 Å². The van der Waals surface area contributed by atoms with Gasteiger partial charge >= 0.3 is 12.1 Å². The molecule has 1 amide bonds. The van der Waals surface area contributed by atoms with Crippen LogP contribution < -0.4 is 14.8 Å². The first-order valence-electron chi connectivity index (χ1n) is 14.4. The number of esters is 1. The average Bonchev–Trinajstić information content (AvgIpc) is 3.01. The molecule has 2 aromatic carbocycles. The van der Waals surface area contributed by atoms with Crippen LogP contribution in [0.25, 0.3) is 0 Å². The third-order valence-electron chi connectivity index (χ3n) is 5.91. The van der Waals surface area contributed by atoms with Gasteiger partial charge in [0.05, 0.1) is 53.4 Å². The highest BCUT2D eigenvalue weighted by Gasteiger charge is 2.14. The Morgan fingerprint density at radius 1 is 0.738 bits per heavy atom. The van der Waals surface area contributed by atoms with Crippen molar-refractivity contribution < 1.29 is 47.9 Å². The number of unbranched alkanes of at least 4 members (excludes halogenated alkanes) is 2. The molecule has 234 valence electrons. The van der Waals surface area contributed by atoms with Gasteiger partial charge in [0, 0.05) is 25.1 Å². The average molecular weight is 592 g/mol. The number of rotatable bonds is 24. The van der Waals surface area contributed by atoms with Crippen molar-refractivity contribution in [3.63, 3.8) is 0 Å². The molecule has 0 aliphatic heterocycles. The summed E-state index contributed by atoms with van der Waals surface area (Å²) in [5, 5.41) is 11.6. The van der Waals surface area contributed by atoms with Crippen molar-refractivity contribution >= 4 is 12.1 Å². The molecule has 0 unspecified atom stereocenters. The Bertz CT molecular complexity index is 989. The number of carbonyl (C=O) groups is 2. The molecule has 0 radical (unpaired) electrons. The number of alkyl carbamates (subject to hydrolysis) is 1. The zero-order valence-electron chi connectivity index (χ0n) is 24.6. The van der Waals surface area contributed by atoms with Crippen LogP contribution in [0.4, 0.5) is 4.79 Å². The van der Waals surface area contributed by atoms with Gasteiger partial charge in [0.25, 0.3) is 0 Å². The number of hydrogen-bond acceptors (Lipinski definition) is 10. The topological polar surface area (TPSA) is 131 Å². The molecule has 0 aliphatic rings. The summed E-state index contributed by atoms with van der Waals surface area (Å²) in [4.78, 5) is 23.4. The van der Waals surface area contributed by atoms with Crippen LogP contribution in [0.3, 0.4) is 0 Å². The second kappa shape index (κ2) is 23.2. The van der Waals surface area contributed by atoms with Gasteiger partial charge in [0.15, 0.2) is 0 Å². The van der Waals surface area contributed by atoms with E-state index in [1.165, 1.54) is 7.11 Å². The molecule has 11 nitrogen and oxygen atoms in total. The summed E-state index contributed by atoms with van der Waals surface area (Å²) in [5.74, 6) is 1.02. The van der Waals surface area contributed by atoms with Gasteiger partial charge in [-0.2, -0.15) is 0 Å². The normalized spacial score (nSPS) is 10.7. The Morgan fingerprint density at radius 2 is 1.38 bits per heavy atom. The predicted molar refractivity (Wildman–Crippen MR) is 156 cm³/mol. The summed E-state index contributed by atoms with van der Waals surface area (Å²) in [6.45, 7) is 3.95. The van der Waals surface area contributed by atoms with E-state index in [9.17, 15) is 9.59 Å². The lowest BCUT2D eigenvalue weighted by atomic mass is 10.1. The van der Waals surface area contributed by atoms with Gasteiger partial charge in [-0.1, -0.05) is 36.4 Å². The molecule has 0 saturated heterocycles. The summed E-state index contributed by atoms with van der Waals surface area (Å²) < 4.78 is 38.3. The lowest BCUT2D eigenvalue weighted by molar-refractivity contribution is -0.140. The molecule has 2 rings (SSSR count). The van der Waals surface area contributed by atoms with E-state index in [1.807, 2.05) is 48.5 Å². The highest BCUT2D eigenvalue weighted by molar-refractivity contribution is 5.70. The van der Waals surface area contributed by atoms with Crippen molar-refractivity contribution in [3.05, 3.63) is 59.7 Å². The maximum Gasteiger partial charge on any atom is 0.407 e. The summed E-state index contributed by atoms with van der Waals surface area (Å²) in [6, 6.07) is 15.0. The zero-order valence-corrected chi connectivity index (χ0v) is 24.6. The molecule has 0 heterocycles. The van der Waals surface area contributed by atoms with Crippen molar-refractivity contribution in [2.45, 2.75) is 38.7 Å². The van der Waals surface area contributed by atoms with Gasteiger partial charge in [-0.05, 0) is 43.4 Å². The maximum absolute atomic E-state index is 11.7. The van der Waals surface area contributed by atoms with Crippen molar-refractivity contribution in [3.8, 4) is 11.5 Å². The lowest BCUT2D eigenvalue weighted by Gasteiger charge is -2.16. The van der Waals surface area contributed by atoms with Crippen molar-refractivity contribution in [1.82, 2.24) is 5.32 Å². The largest absolute Gasteiger partial charge is 0.493 e. The summed E-state index contributed by atoms with van der Waals surface area (Å²) in [7, 11) is 1.37. The van der Waals surface area contributed by atoms with Crippen molar-refractivity contribution in [1.29, 1.82) is 0 Å². The fourth-order valence-electron chi connectivity index (χ4n) is 3.72. The van der Waals surface area contributed by atoms with E-state index in [0.29, 0.717) is 77.3 Å². The standard InChI is InChI=1S/C31H45NO10/c1-36-30(34)14-13-27-28(40-17-7-3-6-16-33)11-8-12-29(27)41-24-23-39-22-21-38-20-19-37-18-15-32-31(35)42-25-26-9-4-2-5-10-26/h2,4-5,8-12,33H,3,6-7,13-25H2,1H3,(H,32,35). The van der Waals surface area contributed by atoms with Crippen LogP contribution in [-0.2, 0) is 41.5 Å². The first kappa shape index (κ1) is 34.8. The predicted octanol–water partition coefficient (Wildman–Crippen LogP) is 3.69. The number of hydrogen-bond donors (Lipinski definition) is 2. The first-order valence-corrected chi connectivity index (χ1v) is 14.4. The van der Waals surface area contributed by atoms with Gasteiger partial charge in [-0.25, -0.2) is 4.79 Å². The van der Waals surface area contributed by atoms with Crippen LogP contribution in [0.2, 0.25) is 0 Å². The lowest BCUT2D eigenvalue weighted by Crippen LogP contribution is -2.28. The number of aliphatic hydroxyl groups excluding tert-OH is 1. The van der Waals surface area contributed by atoms with Crippen LogP contribution >= 0.6 is 0 Å². The third kappa shape index (κ3) is 16.2. The maximum atomic E-state index is 11.7. The molecule has 0 aromatic heterocycles. The molecule has 11 heteroatoms. The van der Waals surface area contributed by atoms with E-state index in [1.54, 1.807) is 0 Å². The van der Waals surface area contributed by atoms with E-state index in [2.05, 4.69) is 5.32 Å². The second-order valence-electron chi connectivity index (χ2n) is 9.12. The second-order valence-corrected chi connectivity index (χ2v) is 9.12. The number of methoxy groups -OCH3 is 1. The monoisotopic (exact) mass is 591 g/mol. The number of carbonyl (C=O) groups excluding carboxylic acids is 2. The SMILES string of the molecule is COC(=O)CCc1c(OCCCCCO)cccc1OCCOCCOCCOCCNC(=O)OCc1ccccc1. The number of ether oxygens (including phenoxy) is 7. The molecular weight excluding hydrogens is 546 g/mol. The molecule has 0 saturated carbocycles. The van der Waals surface area contributed by atoms with Crippen LogP contribution in [-0.4, -0.2) is 90.3 Å². The fraction of sp³-hybridized carbons (Fsp3) is 0.548. The third-order valence-corrected chi connectivity index (χ3v) is 5.91. The van der Waals surface area contributed by atoms with Gasteiger partial charge in [0.1, 0.15) is 24.7 Å². The Hall–Kier alpha value is -3.38. The Labute approximate surface area is 248 Å². The fourth-order valence-corrected chi connectivity index (χ4v) is 3.72. The van der Waals surface area contributed by atoms with Crippen LogP contribution in [0.1, 0.15) is 36.8 Å². The Balaban J connectivity index is 1.52. The Morgan fingerprint density at radius 3 is 2.05 bits per heavy atom. The number of nitrogens with one attached hydrogen (secondary N) is 1. The molecule has 2 aromatic rings. The van der Waals surface area contributed by atoms with Crippen molar-refractivity contribution in [2.75, 3.05) is 73.1 Å². The Kier molecular flexibility index (Phi) is 19.2. The number of amides is 1. The number of aliphatic hydroxyl groups is 1. The van der Waals surface area contributed by atoms with Gasteiger partial charge in [-0.3, -0.25) is 4.79 Å². The molecule has 42 heavy (non-hydrogen) atoms. The van der Waals surface area contributed by atoms with Crippen LogP contribution in [0.15, 0.2) is 48.5 Å². The highest BCUT2D eigenvalue weighted by atomic mass is 16.6. The summed E-state index contributed by atoms with van der Waals surface area (Å²) >= 11 is 0. The van der Waals surface area contributed by atoms with Crippen LogP contribution in [0, 0.1) is 0 Å². The minimum atomic E-state index is -0.483. The van der Waals surface area contributed by atoms with Crippen LogP contribution in [0.5, 0.6) is 11.5 Å². The summed E-state index contributed by atoms with van der Waals surface area (Å²) in [5.41, 5.74) is 1.74. The quantitative estimate of drug-likeness (QED) is 0.138. The molecule has 2 N–H and O–H groups in total.